The van der Waals surface area contributed by atoms with Crippen molar-refractivity contribution in [3.8, 4) is 11.4 Å². The Hall–Kier alpha value is -3.03. The van der Waals surface area contributed by atoms with Gasteiger partial charge in [-0.3, -0.25) is 4.79 Å². The fourth-order valence-corrected chi connectivity index (χ4v) is 6.10. The van der Waals surface area contributed by atoms with Gasteiger partial charge in [0.05, 0.1) is 29.0 Å². The third-order valence-electron chi connectivity index (χ3n) is 8.06. The number of nitrogens with two attached hydrogens (primary N) is 1. The second-order valence-electron chi connectivity index (χ2n) is 9.46. The molecule has 0 bridgehead atoms. The second-order valence-corrected chi connectivity index (χ2v) is 9.46. The van der Waals surface area contributed by atoms with Crippen molar-refractivity contribution in [2.75, 3.05) is 7.11 Å². The lowest BCUT2D eigenvalue weighted by molar-refractivity contribution is -0.176. The molecule has 0 amide bonds. The quantitative estimate of drug-likeness (QED) is 0.476. The number of carbonyl (C=O) groups excluding carboxylic acids is 1. The van der Waals surface area contributed by atoms with E-state index >= 15 is 0 Å². The largest absolute Gasteiger partial charge is 0.458 e. The van der Waals surface area contributed by atoms with Gasteiger partial charge in [-0.1, -0.05) is 6.92 Å². The number of rotatable bonds is 2. The van der Waals surface area contributed by atoms with Crippen LogP contribution in [-0.4, -0.2) is 22.6 Å². The van der Waals surface area contributed by atoms with Gasteiger partial charge >= 0.3 is 5.97 Å². The van der Waals surface area contributed by atoms with Gasteiger partial charge < -0.3 is 19.8 Å². The zero-order valence-corrected chi connectivity index (χ0v) is 19.4. The maximum absolute atomic E-state index is 13.6. The van der Waals surface area contributed by atoms with E-state index in [1.807, 2.05) is 13.0 Å². The number of hydrogen-bond donors (Lipinski definition) is 1. The summed E-state index contributed by atoms with van der Waals surface area (Å²) in [6, 6.07) is 3.94. The molecule has 2 aromatic heterocycles. The third kappa shape index (κ3) is 2.44. The first kappa shape index (κ1) is 20.6. The van der Waals surface area contributed by atoms with E-state index in [0.29, 0.717) is 29.8 Å². The average molecular weight is 446 g/mol. The number of fused-ring (bicyclic) bond motifs is 5. The summed E-state index contributed by atoms with van der Waals surface area (Å²) in [6.45, 7) is 6.52. The van der Waals surface area contributed by atoms with Crippen molar-refractivity contribution in [3.63, 3.8) is 0 Å². The lowest BCUT2D eigenvalue weighted by Gasteiger charge is -2.35. The molecule has 4 heterocycles. The van der Waals surface area contributed by atoms with Gasteiger partial charge in [0.15, 0.2) is 5.60 Å². The van der Waals surface area contributed by atoms with Crippen LogP contribution >= 0.6 is 0 Å². The molecule has 1 aromatic carbocycles. The maximum Gasteiger partial charge on any atom is 0.343 e. The van der Waals surface area contributed by atoms with Gasteiger partial charge in [0.1, 0.15) is 6.61 Å². The molecule has 2 N–H and O–H groups in total. The molecule has 0 saturated carbocycles. The highest BCUT2D eigenvalue weighted by Gasteiger charge is 2.47. The zero-order valence-electron chi connectivity index (χ0n) is 19.4. The van der Waals surface area contributed by atoms with E-state index in [4.69, 9.17) is 20.2 Å². The number of methoxy groups -OCH3 is 1. The zero-order chi connectivity index (χ0) is 23.2. The number of nitrogens with zero attached hydrogens (tertiary/aromatic N) is 2. The number of pyridine rings is 2. The molecule has 3 aromatic rings. The number of aromatic nitrogens is 2. The Morgan fingerprint density at radius 1 is 1.24 bits per heavy atom. The van der Waals surface area contributed by atoms with Crippen LogP contribution in [-0.2, 0) is 39.4 Å². The van der Waals surface area contributed by atoms with Crippen molar-refractivity contribution in [2.24, 2.45) is 5.73 Å². The van der Waals surface area contributed by atoms with Gasteiger partial charge in [-0.15, -0.1) is 0 Å². The lowest BCUT2D eigenvalue weighted by Crippen LogP contribution is -2.45. The SMILES string of the molecule is CC[C@@]1(OC)C(=O)OCc2c1cc1n(c2=O)Cc2c-1nc1cc(C)c(C)c3c1c2[C@@H](N)CC3. The molecule has 2 atom stereocenters. The fraction of sp³-hybridized carbons (Fsp3) is 0.423. The van der Waals surface area contributed by atoms with Crippen molar-refractivity contribution >= 4 is 16.9 Å². The molecule has 0 fully saturated rings. The summed E-state index contributed by atoms with van der Waals surface area (Å²) in [5.41, 5.74) is 14.7. The molecule has 2 aliphatic heterocycles. The molecule has 7 heteroatoms. The minimum atomic E-state index is -1.28. The molecular formula is C26H27N3O4. The first-order chi connectivity index (χ1) is 15.8. The number of ether oxygens (including phenoxy) is 2. The summed E-state index contributed by atoms with van der Waals surface area (Å²) < 4.78 is 12.8. The van der Waals surface area contributed by atoms with Crippen LogP contribution in [0.4, 0.5) is 0 Å². The molecule has 1 aliphatic carbocycles. The van der Waals surface area contributed by atoms with Crippen molar-refractivity contribution in [1.82, 2.24) is 9.55 Å². The topological polar surface area (TPSA) is 96.4 Å². The standard InChI is InChI=1S/C26H27N3O4/c1-5-26(32-4)17-9-20-23-15(10-29(20)24(30)16(17)11-33-25(26)31)21-18(27)7-6-14-13(3)12(2)8-19(28-23)22(14)21/h8-9,18H,5-7,10-11,27H2,1-4H3/t18-,26-/m0/s1. The number of carbonyl (C=O) groups is 1. The number of esters is 1. The minimum absolute atomic E-state index is 0.0426. The van der Waals surface area contributed by atoms with E-state index < -0.39 is 11.6 Å². The van der Waals surface area contributed by atoms with Gasteiger partial charge in [-0.2, -0.15) is 0 Å². The van der Waals surface area contributed by atoms with Crippen LogP contribution in [0.1, 0.15) is 64.8 Å². The van der Waals surface area contributed by atoms with Crippen molar-refractivity contribution in [3.05, 3.63) is 61.4 Å². The van der Waals surface area contributed by atoms with Gasteiger partial charge in [0, 0.05) is 29.7 Å². The van der Waals surface area contributed by atoms with E-state index in [-0.39, 0.29) is 18.2 Å². The Bertz CT molecular complexity index is 1450. The van der Waals surface area contributed by atoms with E-state index in [2.05, 4.69) is 19.9 Å². The van der Waals surface area contributed by atoms with Crippen LogP contribution in [0.3, 0.4) is 0 Å². The summed E-state index contributed by atoms with van der Waals surface area (Å²) in [6.07, 6.45) is 2.18. The van der Waals surface area contributed by atoms with Crippen LogP contribution < -0.4 is 11.3 Å². The first-order valence-electron chi connectivity index (χ1n) is 11.5. The Morgan fingerprint density at radius 3 is 2.76 bits per heavy atom. The maximum atomic E-state index is 13.6. The normalized spacial score (nSPS) is 22.7. The molecule has 0 saturated heterocycles. The molecular weight excluding hydrogens is 418 g/mol. The number of aryl methyl sites for hydroxylation is 2. The van der Waals surface area contributed by atoms with Gasteiger partial charge in [-0.05, 0) is 67.5 Å². The molecule has 0 radical (unpaired) electrons. The highest BCUT2D eigenvalue weighted by Crippen LogP contribution is 2.45. The van der Waals surface area contributed by atoms with Gasteiger partial charge in [-0.25, -0.2) is 9.78 Å². The van der Waals surface area contributed by atoms with Crippen LogP contribution in [0.15, 0.2) is 16.9 Å². The van der Waals surface area contributed by atoms with E-state index in [9.17, 15) is 9.59 Å². The predicted molar refractivity (Wildman–Crippen MR) is 124 cm³/mol. The first-order valence-corrected chi connectivity index (χ1v) is 11.5. The van der Waals surface area contributed by atoms with Crippen molar-refractivity contribution in [2.45, 2.75) is 64.8 Å². The highest BCUT2D eigenvalue weighted by atomic mass is 16.6. The molecule has 170 valence electrons. The van der Waals surface area contributed by atoms with E-state index in [1.165, 1.54) is 23.8 Å². The Kier molecular flexibility index (Phi) is 4.20. The second kappa shape index (κ2) is 6.74. The van der Waals surface area contributed by atoms with Crippen LogP contribution in [0.5, 0.6) is 0 Å². The molecule has 6 rings (SSSR count). The summed E-state index contributed by atoms with van der Waals surface area (Å²) >= 11 is 0. The van der Waals surface area contributed by atoms with Gasteiger partial charge in [0.25, 0.3) is 5.56 Å². The van der Waals surface area contributed by atoms with Gasteiger partial charge in [0.2, 0.25) is 0 Å². The van der Waals surface area contributed by atoms with Crippen molar-refractivity contribution in [1.29, 1.82) is 0 Å². The van der Waals surface area contributed by atoms with Crippen molar-refractivity contribution < 1.29 is 14.3 Å². The Morgan fingerprint density at radius 2 is 2.03 bits per heavy atom. The smallest absolute Gasteiger partial charge is 0.343 e. The molecule has 0 spiro atoms. The summed E-state index contributed by atoms with van der Waals surface area (Å²) in [7, 11) is 1.49. The van der Waals surface area contributed by atoms with Crippen LogP contribution in [0.2, 0.25) is 0 Å². The monoisotopic (exact) mass is 445 g/mol. The Labute approximate surface area is 191 Å². The van der Waals surface area contributed by atoms with Crippen LogP contribution in [0.25, 0.3) is 22.3 Å². The summed E-state index contributed by atoms with van der Waals surface area (Å²) in [5.74, 6) is -0.457. The predicted octanol–water partition coefficient (Wildman–Crippen LogP) is 3.30. The lowest BCUT2D eigenvalue weighted by atomic mass is 9.81. The fourth-order valence-electron chi connectivity index (χ4n) is 6.10. The molecule has 7 nitrogen and oxygen atoms in total. The van der Waals surface area contributed by atoms with Crippen LogP contribution in [0, 0.1) is 13.8 Å². The number of benzene rings is 1. The molecule has 3 aliphatic rings. The van der Waals surface area contributed by atoms with E-state index in [0.717, 1.165) is 40.6 Å². The molecule has 0 unspecified atom stereocenters. The number of cyclic esters (lactones) is 1. The molecule has 33 heavy (non-hydrogen) atoms. The summed E-state index contributed by atoms with van der Waals surface area (Å²) in [4.78, 5) is 31.4. The summed E-state index contributed by atoms with van der Waals surface area (Å²) in [5, 5.41) is 1.15. The minimum Gasteiger partial charge on any atom is -0.458 e. The van der Waals surface area contributed by atoms with E-state index in [1.54, 1.807) is 4.57 Å². The average Bonchev–Trinajstić information content (AvgIpc) is 3.17. The Balaban J connectivity index is 1.70. The third-order valence-corrected chi connectivity index (χ3v) is 8.06. The number of hydrogen-bond acceptors (Lipinski definition) is 6. The highest BCUT2D eigenvalue weighted by molar-refractivity contribution is 5.93.